The average Bonchev–Trinajstić information content (AvgIpc) is 1.51. The number of benzene rings is 18. The van der Waals surface area contributed by atoms with Gasteiger partial charge in [-0.3, -0.25) is 0 Å². The van der Waals surface area contributed by atoms with E-state index in [9.17, 15) is 0 Å². The fourth-order valence-electron chi connectivity index (χ4n) is 17.4. The van der Waals surface area contributed by atoms with Crippen LogP contribution >= 0.6 is 0 Å². The minimum absolute atomic E-state index is 0.825. The van der Waals surface area contributed by atoms with Crippen molar-refractivity contribution in [3.63, 3.8) is 0 Å². The van der Waals surface area contributed by atoms with Crippen LogP contribution in [0.3, 0.4) is 0 Å². The molecule has 0 saturated carbocycles. The molecule has 0 fully saturated rings. The van der Waals surface area contributed by atoms with Crippen molar-refractivity contribution in [2.45, 2.75) is 0 Å². The zero-order valence-corrected chi connectivity index (χ0v) is 59.6. The van der Waals surface area contributed by atoms with Gasteiger partial charge in [0.1, 0.15) is 33.5 Å². The smallest absolute Gasteiger partial charge is 0.136 e. The quantitative estimate of drug-likeness (QED) is 0.115. The van der Waals surface area contributed by atoms with Gasteiger partial charge in [-0.25, -0.2) is 0 Å². The number of rotatable bonds is 13. The molecule has 18 aromatic carbocycles. The Morgan fingerprint density at radius 3 is 1.25 bits per heavy atom. The molecule has 6 heteroatoms. The highest BCUT2D eigenvalue weighted by Gasteiger charge is 2.26. The number of para-hydroxylation sites is 6. The molecular weight excluding hydrogens is 1340 g/mol. The second-order valence-corrected chi connectivity index (χ2v) is 28.5. The van der Waals surface area contributed by atoms with Crippen LogP contribution in [0.2, 0.25) is 0 Å². The molecule has 0 aliphatic rings. The van der Waals surface area contributed by atoms with E-state index in [1.54, 1.807) is 0 Å². The summed E-state index contributed by atoms with van der Waals surface area (Å²) >= 11 is 0. The fraction of sp³-hybridized carbons (Fsp3) is 0. The van der Waals surface area contributed by atoms with E-state index in [-0.39, 0.29) is 0 Å². The molecule has 0 unspecified atom stereocenters. The number of fused-ring (bicyclic) bond motifs is 14. The van der Waals surface area contributed by atoms with E-state index in [0.29, 0.717) is 0 Å². The van der Waals surface area contributed by atoms with Crippen LogP contribution in [0.15, 0.2) is 408 Å². The molecule has 0 aliphatic heterocycles. The van der Waals surface area contributed by atoms with Gasteiger partial charge in [-0.1, -0.05) is 261 Å². The Morgan fingerprint density at radius 1 is 0.191 bits per heavy atom. The summed E-state index contributed by atoms with van der Waals surface area (Å²) in [4.78, 5) is 4.82. The van der Waals surface area contributed by atoms with Crippen molar-refractivity contribution in [3.05, 3.63) is 394 Å². The Bertz CT molecular complexity index is 7400. The molecule has 22 rings (SSSR count). The molecule has 0 amide bonds. The van der Waals surface area contributed by atoms with Crippen LogP contribution in [-0.2, 0) is 0 Å². The van der Waals surface area contributed by atoms with Gasteiger partial charge in [-0.15, -0.1) is 0 Å². The maximum absolute atomic E-state index is 7.03. The normalized spacial score (nSPS) is 11.8. The SMILES string of the molecule is c1ccc(-n2c3ccccc3c3cc(N(c4ccc(-c5ccc(-c6ccc7c(c6)oc6cccc(-c8ccccc8N(c8ccc(-c9ccc%10c(c9)oc9ccccc9%10)cc8)c8ccc(-c9cccc%10ccccc9%10)cc8)c67)c6ccccc56)cc4)c4ccccc4-c4cccc5oc6ccccc6c45)ccc32)cc1. The van der Waals surface area contributed by atoms with Gasteiger partial charge in [0.05, 0.1) is 22.4 Å². The van der Waals surface area contributed by atoms with Crippen molar-refractivity contribution in [2.24, 2.45) is 0 Å². The molecule has 0 saturated heterocycles. The summed E-state index contributed by atoms with van der Waals surface area (Å²) in [6.45, 7) is 0. The first kappa shape index (κ1) is 62.6. The Morgan fingerprint density at radius 2 is 0.582 bits per heavy atom. The van der Waals surface area contributed by atoms with E-state index in [4.69, 9.17) is 13.3 Å². The van der Waals surface area contributed by atoms with Gasteiger partial charge in [0.2, 0.25) is 0 Å². The maximum atomic E-state index is 7.03. The third kappa shape index (κ3) is 10.3. The number of furan rings is 3. The number of aromatic nitrogens is 1. The van der Waals surface area contributed by atoms with Crippen molar-refractivity contribution in [1.29, 1.82) is 0 Å². The van der Waals surface area contributed by atoms with Crippen LogP contribution < -0.4 is 9.80 Å². The highest BCUT2D eigenvalue weighted by Crippen LogP contribution is 2.50. The topological polar surface area (TPSA) is 50.8 Å². The summed E-state index contributed by atoms with van der Waals surface area (Å²) in [5, 5.41) is 13.7. The number of hydrogen-bond donors (Lipinski definition) is 0. The third-order valence-electron chi connectivity index (χ3n) is 22.4. The van der Waals surface area contributed by atoms with Crippen LogP contribution in [-0.4, -0.2) is 4.57 Å². The summed E-state index contributed by atoms with van der Waals surface area (Å²) < 4.78 is 22.3. The van der Waals surface area contributed by atoms with Crippen molar-refractivity contribution in [1.82, 2.24) is 4.57 Å². The molecule has 4 aromatic heterocycles. The highest BCUT2D eigenvalue weighted by atomic mass is 16.3. The standard InChI is InChI=1S/C104H65N3O3/c1-2-23-72(24-3-1)107-95-38-15-10-30-85(95)92-65-76(57-62-96(92)107)106(94-37-14-9-29-84(94)88-34-19-41-99-103(88)90-32-12-17-40-98(90)108-99)75-55-47-69(48-56-75)79-60-61-80(82-27-7-6-26-81(79)82)71-50-59-91-102(64-71)110-100-42-20-35-89(104(91)100)83-28-8-13-36-93(83)105(74-53-45-68(46-54-74)78-33-18-22-67-21-4-5-25-77(67)78)73-51-43-66(44-52-73)70-49-58-87-86-31-11-16-39-97(86)109-101(87)63-70/h1-65H. The van der Waals surface area contributed by atoms with Crippen LogP contribution in [0.4, 0.5) is 34.1 Å². The Balaban J connectivity index is 0.629. The van der Waals surface area contributed by atoms with Gasteiger partial charge in [0.25, 0.3) is 0 Å². The van der Waals surface area contributed by atoms with Gasteiger partial charge in [0, 0.05) is 82.7 Å². The molecular formula is C104H65N3O3. The lowest BCUT2D eigenvalue weighted by Gasteiger charge is -2.28. The van der Waals surface area contributed by atoms with E-state index in [1.165, 1.54) is 27.1 Å². The van der Waals surface area contributed by atoms with Gasteiger partial charge in [0.15, 0.2) is 0 Å². The highest BCUT2D eigenvalue weighted by molar-refractivity contribution is 6.18. The zero-order valence-electron chi connectivity index (χ0n) is 59.6. The van der Waals surface area contributed by atoms with Gasteiger partial charge >= 0.3 is 0 Å². The molecule has 0 N–H and O–H groups in total. The molecule has 0 radical (unpaired) electrons. The second kappa shape index (κ2) is 25.5. The van der Waals surface area contributed by atoms with Crippen LogP contribution in [0, 0.1) is 0 Å². The van der Waals surface area contributed by atoms with Gasteiger partial charge in [-0.2, -0.15) is 0 Å². The average molecular weight is 1400 g/mol. The minimum atomic E-state index is 0.825. The van der Waals surface area contributed by atoms with E-state index >= 15 is 0 Å². The zero-order chi connectivity index (χ0) is 72.3. The van der Waals surface area contributed by atoms with E-state index < -0.39 is 0 Å². The summed E-state index contributed by atoms with van der Waals surface area (Å²) in [7, 11) is 0. The molecule has 0 aliphatic carbocycles. The monoisotopic (exact) mass is 1400 g/mol. The molecule has 110 heavy (non-hydrogen) atoms. The number of hydrogen-bond acceptors (Lipinski definition) is 5. The first-order chi connectivity index (χ1) is 54.5. The Hall–Kier alpha value is -14.7. The van der Waals surface area contributed by atoms with Crippen molar-refractivity contribution in [2.75, 3.05) is 9.80 Å². The summed E-state index contributed by atoms with van der Waals surface area (Å²) in [5.74, 6) is 0. The lowest BCUT2D eigenvalue weighted by molar-refractivity contribution is 0.668. The maximum Gasteiger partial charge on any atom is 0.136 e. The first-order valence-corrected chi connectivity index (χ1v) is 37.5. The summed E-state index contributed by atoms with van der Waals surface area (Å²) in [6.07, 6.45) is 0. The van der Waals surface area contributed by atoms with Gasteiger partial charge in [-0.05, 0) is 211 Å². The second-order valence-electron chi connectivity index (χ2n) is 28.5. The lowest BCUT2D eigenvalue weighted by atomic mass is 9.91. The predicted molar refractivity (Wildman–Crippen MR) is 460 cm³/mol. The molecule has 4 heterocycles. The summed E-state index contributed by atoms with van der Waals surface area (Å²) in [5.41, 5.74) is 28.2. The van der Waals surface area contributed by atoms with E-state index in [2.05, 4.69) is 390 Å². The first-order valence-electron chi connectivity index (χ1n) is 37.5. The third-order valence-corrected chi connectivity index (χ3v) is 22.4. The molecule has 0 spiro atoms. The van der Waals surface area contributed by atoms with E-state index in [1.807, 2.05) is 18.2 Å². The Labute approximate surface area is 633 Å². The molecule has 6 nitrogen and oxygen atoms in total. The molecule has 514 valence electrons. The van der Waals surface area contributed by atoms with E-state index in [0.717, 1.165) is 189 Å². The predicted octanol–water partition coefficient (Wildman–Crippen LogP) is 29.7. The fourth-order valence-corrected chi connectivity index (χ4v) is 17.4. The van der Waals surface area contributed by atoms with Crippen LogP contribution in [0.25, 0.3) is 182 Å². The molecule has 0 bridgehead atoms. The van der Waals surface area contributed by atoms with Crippen LogP contribution in [0.5, 0.6) is 0 Å². The van der Waals surface area contributed by atoms with Gasteiger partial charge < -0.3 is 27.6 Å². The summed E-state index contributed by atoms with van der Waals surface area (Å²) in [6, 6.07) is 142. The number of anilines is 6. The van der Waals surface area contributed by atoms with Crippen molar-refractivity contribution >= 4 is 143 Å². The molecule has 0 atom stereocenters. The largest absolute Gasteiger partial charge is 0.456 e. The minimum Gasteiger partial charge on any atom is -0.456 e. The Kier molecular flexibility index (Phi) is 14.5. The van der Waals surface area contributed by atoms with Crippen molar-refractivity contribution in [3.8, 4) is 72.4 Å². The van der Waals surface area contributed by atoms with Crippen LogP contribution in [0.1, 0.15) is 0 Å². The number of nitrogens with zero attached hydrogens (tertiary/aromatic N) is 3. The lowest BCUT2D eigenvalue weighted by Crippen LogP contribution is -2.11. The molecule has 22 aromatic rings. The van der Waals surface area contributed by atoms with Crippen molar-refractivity contribution < 1.29 is 13.3 Å².